The second kappa shape index (κ2) is 11.4. The van der Waals surface area contributed by atoms with Crippen LogP contribution in [0.3, 0.4) is 0 Å². The molecule has 0 spiro atoms. The lowest BCUT2D eigenvalue weighted by molar-refractivity contribution is -0.141. The van der Waals surface area contributed by atoms with Crippen LogP contribution in [0.2, 0.25) is 0 Å². The molecule has 3 aromatic rings. The fraction of sp³-hybridized carbons (Fsp3) is 0.160. The first-order valence-electron chi connectivity index (χ1n) is 10.3. The SMILES string of the molecule is CN1C(=O)C(F)(F)c2cc(NC(=O)OCc3ccccc3)ccc21.O=C(Cl)OCc1ccccc1. The quantitative estimate of drug-likeness (QED) is 0.428. The topological polar surface area (TPSA) is 84.9 Å². The molecule has 35 heavy (non-hydrogen) atoms. The fourth-order valence-corrected chi connectivity index (χ4v) is 3.24. The maximum Gasteiger partial charge on any atom is 0.411 e. The number of hydrogen-bond donors (Lipinski definition) is 1. The van der Waals surface area contributed by atoms with Crippen molar-refractivity contribution in [3.63, 3.8) is 0 Å². The minimum Gasteiger partial charge on any atom is -0.449 e. The fourth-order valence-electron chi connectivity index (χ4n) is 3.18. The van der Waals surface area contributed by atoms with Crippen LogP contribution in [0.1, 0.15) is 16.7 Å². The molecule has 2 amide bonds. The third kappa shape index (κ3) is 6.77. The Hall–Kier alpha value is -3.98. The van der Waals surface area contributed by atoms with Crippen LogP contribution in [0.15, 0.2) is 78.9 Å². The number of nitrogens with zero attached hydrogens (tertiary/aromatic N) is 1. The molecule has 0 radical (unpaired) electrons. The standard InChI is InChI=1S/C17H14F2N2O3.C8H7ClO2/c1-21-14-8-7-12(9-13(14)17(18,19)15(21)22)20-16(23)24-10-11-5-3-2-4-6-11;9-8(10)11-6-7-4-2-1-3-5-7/h2-9H,10H2,1H3,(H,20,23);1-5H,6H2. The highest BCUT2D eigenvalue weighted by atomic mass is 35.5. The smallest absolute Gasteiger partial charge is 0.411 e. The zero-order valence-corrected chi connectivity index (χ0v) is 19.3. The van der Waals surface area contributed by atoms with Gasteiger partial charge in [-0.1, -0.05) is 60.7 Å². The number of rotatable bonds is 5. The van der Waals surface area contributed by atoms with Gasteiger partial charge in [-0.3, -0.25) is 10.1 Å². The maximum atomic E-state index is 13.9. The van der Waals surface area contributed by atoms with Crippen LogP contribution in [0.25, 0.3) is 0 Å². The highest BCUT2D eigenvalue weighted by Crippen LogP contribution is 2.44. The van der Waals surface area contributed by atoms with E-state index in [1.165, 1.54) is 19.2 Å². The molecule has 3 aromatic carbocycles. The number of hydrogen-bond acceptors (Lipinski definition) is 5. The van der Waals surface area contributed by atoms with Gasteiger partial charge in [0, 0.05) is 24.3 Å². The molecule has 0 aliphatic carbocycles. The molecule has 7 nitrogen and oxygen atoms in total. The Labute approximate surface area is 205 Å². The first-order chi connectivity index (χ1) is 16.7. The Morgan fingerprint density at radius 2 is 1.46 bits per heavy atom. The molecule has 1 N–H and O–H groups in total. The van der Waals surface area contributed by atoms with Gasteiger partial charge in [-0.05, 0) is 29.3 Å². The monoisotopic (exact) mass is 502 g/mol. The van der Waals surface area contributed by atoms with E-state index in [0.717, 1.165) is 22.1 Å². The molecule has 4 rings (SSSR count). The number of carbonyl (C=O) groups is 3. The number of carbonyl (C=O) groups excluding carboxylic acids is 3. The van der Waals surface area contributed by atoms with E-state index < -0.39 is 28.9 Å². The third-order valence-corrected chi connectivity index (χ3v) is 5.03. The van der Waals surface area contributed by atoms with Crippen molar-refractivity contribution < 1.29 is 32.6 Å². The van der Waals surface area contributed by atoms with Crippen molar-refractivity contribution in [3.8, 4) is 0 Å². The van der Waals surface area contributed by atoms with Gasteiger partial charge in [-0.25, -0.2) is 9.59 Å². The average Bonchev–Trinajstić information content (AvgIpc) is 3.03. The number of halogens is 3. The summed E-state index contributed by atoms with van der Waals surface area (Å²) >= 11 is 4.97. The summed E-state index contributed by atoms with van der Waals surface area (Å²) in [6.45, 7) is 0.304. The second-order valence-corrected chi connectivity index (χ2v) is 7.68. The molecule has 0 fully saturated rings. The predicted molar refractivity (Wildman–Crippen MR) is 126 cm³/mol. The lowest BCUT2D eigenvalue weighted by atomic mass is 10.1. The summed E-state index contributed by atoms with van der Waals surface area (Å²) in [7, 11) is 1.28. The minimum atomic E-state index is -3.60. The minimum absolute atomic E-state index is 0.0645. The molecule has 10 heteroatoms. The molecule has 0 atom stereocenters. The van der Waals surface area contributed by atoms with Gasteiger partial charge in [0.25, 0.3) is 0 Å². The largest absolute Gasteiger partial charge is 0.449 e. The second-order valence-electron chi connectivity index (χ2n) is 7.37. The lowest BCUT2D eigenvalue weighted by Crippen LogP contribution is -2.31. The van der Waals surface area contributed by atoms with Gasteiger partial charge in [0.15, 0.2) is 0 Å². The molecule has 1 aliphatic heterocycles. The van der Waals surface area contributed by atoms with Crippen LogP contribution >= 0.6 is 11.6 Å². The molecule has 1 heterocycles. The van der Waals surface area contributed by atoms with Crippen molar-refractivity contribution in [2.75, 3.05) is 17.3 Å². The van der Waals surface area contributed by atoms with E-state index in [1.807, 2.05) is 48.5 Å². The summed E-state index contributed by atoms with van der Waals surface area (Å²) < 4.78 is 37.5. The van der Waals surface area contributed by atoms with Crippen molar-refractivity contribution in [3.05, 3.63) is 95.6 Å². The number of alkyl halides is 2. The molecule has 0 bridgehead atoms. The first kappa shape index (κ1) is 25.6. The van der Waals surface area contributed by atoms with Gasteiger partial charge in [0.1, 0.15) is 13.2 Å². The number of anilines is 2. The number of ether oxygens (including phenoxy) is 2. The first-order valence-corrected chi connectivity index (χ1v) is 10.7. The summed E-state index contributed by atoms with van der Waals surface area (Å²) in [5.41, 5.74) is 0.786. The number of nitrogens with one attached hydrogen (secondary N) is 1. The zero-order chi connectivity index (χ0) is 25.4. The normalized spacial score (nSPS) is 13.3. The van der Waals surface area contributed by atoms with E-state index >= 15 is 0 Å². The van der Waals surface area contributed by atoms with E-state index in [0.29, 0.717) is 0 Å². The number of likely N-dealkylation sites (N-methyl/N-ethyl adjacent to an activating group) is 1. The van der Waals surface area contributed by atoms with Crippen LogP contribution in [-0.2, 0) is 33.4 Å². The maximum absolute atomic E-state index is 13.9. The van der Waals surface area contributed by atoms with E-state index in [1.54, 1.807) is 12.1 Å². The van der Waals surface area contributed by atoms with Crippen molar-refractivity contribution in [2.45, 2.75) is 19.1 Å². The summed E-state index contributed by atoms with van der Waals surface area (Å²) in [6.07, 6.45) is -0.764. The molecule has 0 saturated heterocycles. The highest BCUT2D eigenvalue weighted by Gasteiger charge is 2.51. The Morgan fingerprint density at radius 1 is 0.914 bits per heavy atom. The molecular weight excluding hydrogens is 482 g/mol. The Balaban J connectivity index is 0.000000261. The highest BCUT2D eigenvalue weighted by molar-refractivity contribution is 6.61. The van der Waals surface area contributed by atoms with E-state index in [2.05, 4.69) is 10.1 Å². The van der Waals surface area contributed by atoms with E-state index in [-0.39, 0.29) is 24.6 Å². The molecule has 0 saturated carbocycles. The summed E-state index contributed by atoms with van der Waals surface area (Å²) in [5, 5.41) is 2.39. The number of fused-ring (bicyclic) bond motifs is 1. The van der Waals surface area contributed by atoms with Crippen LogP contribution in [-0.4, -0.2) is 24.5 Å². The summed E-state index contributed by atoms with van der Waals surface area (Å²) in [4.78, 5) is 34.4. The summed E-state index contributed by atoms with van der Waals surface area (Å²) in [6, 6.07) is 22.3. The van der Waals surface area contributed by atoms with E-state index in [9.17, 15) is 23.2 Å². The molecule has 1 aliphatic rings. The Kier molecular flexibility index (Phi) is 8.38. The van der Waals surface area contributed by atoms with Crippen molar-refractivity contribution >= 4 is 40.4 Å². The Bertz CT molecular complexity index is 1190. The van der Waals surface area contributed by atoms with Crippen molar-refractivity contribution in [1.29, 1.82) is 0 Å². The average molecular weight is 503 g/mol. The van der Waals surface area contributed by atoms with Gasteiger partial charge >= 0.3 is 23.4 Å². The number of amides is 2. The van der Waals surface area contributed by atoms with Crippen molar-refractivity contribution in [2.24, 2.45) is 0 Å². The number of benzene rings is 3. The third-order valence-electron chi connectivity index (χ3n) is 4.92. The Morgan fingerprint density at radius 3 is 2.00 bits per heavy atom. The van der Waals surface area contributed by atoms with Gasteiger partial charge in [-0.2, -0.15) is 8.78 Å². The summed E-state index contributed by atoms with van der Waals surface area (Å²) in [5.74, 6) is -4.89. The lowest BCUT2D eigenvalue weighted by Gasteiger charge is -2.10. The van der Waals surface area contributed by atoms with Gasteiger partial charge in [-0.15, -0.1) is 0 Å². The van der Waals surface area contributed by atoms with Crippen LogP contribution in [0.4, 0.5) is 29.7 Å². The zero-order valence-electron chi connectivity index (χ0n) is 18.5. The molecular formula is C25H21ClF2N2O5. The molecule has 182 valence electrons. The predicted octanol–water partition coefficient (Wildman–Crippen LogP) is 6.07. The van der Waals surface area contributed by atoms with Crippen molar-refractivity contribution in [1.82, 2.24) is 0 Å². The van der Waals surface area contributed by atoms with Gasteiger partial charge < -0.3 is 14.4 Å². The van der Waals surface area contributed by atoms with E-state index in [4.69, 9.17) is 16.3 Å². The molecule has 0 unspecified atom stereocenters. The van der Waals surface area contributed by atoms with Gasteiger partial charge in [0.2, 0.25) is 0 Å². The van der Waals surface area contributed by atoms with Crippen LogP contribution < -0.4 is 10.2 Å². The molecule has 0 aromatic heterocycles. The van der Waals surface area contributed by atoms with Crippen LogP contribution in [0.5, 0.6) is 0 Å². The van der Waals surface area contributed by atoms with Crippen LogP contribution in [0, 0.1) is 0 Å². The van der Waals surface area contributed by atoms with Gasteiger partial charge in [0.05, 0.1) is 11.3 Å².